The quantitative estimate of drug-likeness (QED) is 0.605. The van der Waals surface area contributed by atoms with Crippen LogP contribution in [0.1, 0.15) is 45.1 Å². The van der Waals surface area contributed by atoms with Crippen LogP contribution in [-0.2, 0) is 11.2 Å². The van der Waals surface area contributed by atoms with Crippen molar-refractivity contribution in [3.8, 4) is 0 Å². The van der Waals surface area contributed by atoms with Crippen LogP contribution in [0.25, 0.3) is 0 Å². The van der Waals surface area contributed by atoms with Gasteiger partial charge in [-0.15, -0.1) is 0 Å². The van der Waals surface area contributed by atoms with Crippen molar-refractivity contribution in [2.75, 3.05) is 6.54 Å². The van der Waals surface area contributed by atoms with Crippen LogP contribution >= 0.6 is 0 Å². The Hall–Kier alpha value is -1.57. The van der Waals surface area contributed by atoms with Crippen molar-refractivity contribution >= 4 is 6.41 Å². The van der Waals surface area contributed by atoms with E-state index in [-0.39, 0.29) is 6.04 Å². The first kappa shape index (κ1) is 15.0. The molecule has 1 amide bonds. The third-order valence-electron chi connectivity index (χ3n) is 6.95. The lowest BCUT2D eigenvalue weighted by Crippen LogP contribution is -2.35. The fourth-order valence-electron chi connectivity index (χ4n) is 5.60. The van der Waals surface area contributed by atoms with Crippen LogP contribution in [0.3, 0.4) is 0 Å². The van der Waals surface area contributed by atoms with Crippen LogP contribution in [0.4, 0.5) is 0 Å². The number of carbonyl (C=O) groups is 1. The summed E-state index contributed by atoms with van der Waals surface area (Å²) in [5.74, 6) is 0.842. The van der Waals surface area contributed by atoms with Gasteiger partial charge >= 0.3 is 0 Å². The summed E-state index contributed by atoms with van der Waals surface area (Å²) < 4.78 is 0. The second-order valence-corrected chi connectivity index (χ2v) is 8.37. The van der Waals surface area contributed by atoms with Crippen molar-refractivity contribution in [1.82, 2.24) is 4.90 Å². The van der Waals surface area contributed by atoms with Gasteiger partial charge < -0.3 is 4.90 Å². The van der Waals surface area contributed by atoms with Crippen LogP contribution < -0.4 is 0 Å². The smallest absolute Gasteiger partial charge is 0.210 e. The van der Waals surface area contributed by atoms with E-state index in [1.54, 1.807) is 5.57 Å². The van der Waals surface area contributed by atoms with E-state index in [9.17, 15) is 4.79 Å². The summed E-state index contributed by atoms with van der Waals surface area (Å²) in [7, 11) is 0. The first-order valence-electron chi connectivity index (χ1n) is 9.03. The highest BCUT2D eigenvalue weighted by molar-refractivity contribution is 5.50. The number of carbonyl (C=O) groups excluding carboxylic acids is 1. The lowest BCUT2D eigenvalue weighted by atomic mass is 9.66. The molecule has 3 aliphatic rings. The van der Waals surface area contributed by atoms with Gasteiger partial charge in [0.2, 0.25) is 6.41 Å². The standard InChI is InChI=1S/C21H27NO/c1-20(2)17-8-9-21(14-17)10-11-22(15-23)18(13-19(20)21)12-16-6-4-3-5-7-16/h3-7,13,15,17-18H,8-12,14H2,1-2H3/t17-,18?,21-/m0/s1. The summed E-state index contributed by atoms with van der Waals surface area (Å²) in [5.41, 5.74) is 3.68. The molecular formula is C21H27NO. The van der Waals surface area contributed by atoms with Gasteiger partial charge in [-0.25, -0.2) is 0 Å². The molecule has 1 spiro atoms. The van der Waals surface area contributed by atoms with Gasteiger partial charge in [-0.2, -0.15) is 0 Å². The topological polar surface area (TPSA) is 20.3 Å². The average molecular weight is 309 g/mol. The molecule has 1 aliphatic heterocycles. The van der Waals surface area contributed by atoms with Gasteiger partial charge in [0.25, 0.3) is 0 Å². The van der Waals surface area contributed by atoms with E-state index in [1.165, 1.54) is 24.8 Å². The number of rotatable bonds is 3. The molecule has 4 rings (SSSR count). The molecule has 1 aromatic rings. The maximum Gasteiger partial charge on any atom is 0.210 e. The van der Waals surface area contributed by atoms with Crippen molar-refractivity contribution < 1.29 is 4.79 Å². The summed E-state index contributed by atoms with van der Waals surface area (Å²) >= 11 is 0. The third-order valence-corrected chi connectivity index (χ3v) is 6.95. The summed E-state index contributed by atoms with van der Waals surface area (Å²) in [6, 6.07) is 10.8. The second-order valence-electron chi connectivity index (χ2n) is 8.37. The molecule has 2 nitrogen and oxygen atoms in total. The van der Waals surface area contributed by atoms with E-state index in [1.807, 2.05) is 4.90 Å². The van der Waals surface area contributed by atoms with Crippen molar-refractivity contribution in [2.45, 2.75) is 52.0 Å². The second kappa shape index (κ2) is 5.22. The van der Waals surface area contributed by atoms with Crippen molar-refractivity contribution in [3.63, 3.8) is 0 Å². The highest BCUT2D eigenvalue weighted by Gasteiger charge is 2.58. The minimum absolute atomic E-state index is 0.211. The zero-order valence-corrected chi connectivity index (χ0v) is 14.3. The molecule has 122 valence electrons. The van der Waals surface area contributed by atoms with Crippen LogP contribution in [-0.4, -0.2) is 23.9 Å². The van der Waals surface area contributed by atoms with Crippen LogP contribution in [0.5, 0.6) is 0 Å². The molecule has 1 aromatic carbocycles. The number of benzene rings is 1. The Kier molecular flexibility index (Phi) is 3.40. The summed E-state index contributed by atoms with van der Waals surface area (Å²) in [4.78, 5) is 13.7. The molecule has 2 saturated carbocycles. The molecule has 2 aliphatic carbocycles. The van der Waals surface area contributed by atoms with E-state index in [2.05, 4.69) is 50.3 Å². The van der Waals surface area contributed by atoms with E-state index in [4.69, 9.17) is 0 Å². The van der Waals surface area contributed by atoms with Gasteiger partial charge in [0, 0.05) is 6.54 Å². The first-order valence-corrected chi connectivity index (χ1v) is 9.03. The summed E-state index contributed by atoms with van der Waals surface area (Å²) in [6.45, 7) is 5.77. The molecule has 1 unspecified atom stereocenters. The van der Waals surface area contributed by atoms with Crippen LogP contribution in [0.2, 0.25) is 0 Å². The predicted octanol–water partition coefficient (Wildman–Crippen LogP) is 4.21. The molecule has 0 N–H and O–H groups in total. The van der Waals surface area contributed by atoms with E-state index in [0.717, 1.165) is 31.7 Å². The summed E-state index contributed by atoms with van der Waals surface area (Å²) in [6.07, 6.45) is 9.68. The van der Waals surface area contributed by atoms with Gasteiger partial charge in [-0.05, 0) is 54.4 Å². The molecular weight excluding hydrogens is 282 g/mol. The van der Waals surface area contributed by atoms with E-state index < -0.39 is 0 Å². The van der Waals surface area contributed by atoms with E-state index in [0.29, 0.717) is 10.8 Å². The SMILES string of the molecule is CC1(C)C2=CC(Cc3ccccc3)N(C=O)CC[C@]23CC[C@H]1C3. The van der Waals surface area contributed by atoms with Gasteiger partial charge in [0.1, 0.15) is 0 Å². The zero-order chi connectivity index (χ0) is 16.1. The minimum atomic E-state index is 0.211. The highest BCUT2D eigenvalue weighted by Crippen LogP contribution is 2.67. The van der Waals surface area contributed by atoms with Crippen molar-refractivity contribution in [1.29, 1.82) is 0 Å². The Labute approximate surface area is 139 Å². The molecule has 2 bridgehead atoms. The van der Waals surface area contributed by atoms with Crippen LogP contribution in [0.15, 0.2) is 42.0 Å². The van der Waals surface area contributed by atoms with Gasteiger partial charge in [0.05, 0.1) is 6.04 Å². The zero-order valence-electron chi connectivity index (χ0n) is 14.3. The number of fused-ring (bicyclic) bond motifs is 1. The van der Waals surface area contributed by atoms with Crippen molar-refractivity contribution in [3.05, 3.63) is 47.5 Å². The molecule has 1 heterocycles. The summed E-state index contributed by atoms with van der Waals surface area (Å²) in [5, 5.41) is 0. The Balaban J connectivity index is 1.72. The largest absolute Gasteiger partial charge is 0.338 e. The number of amides is 1. The number of hydrogen-bond donors (Lipinski definition) is 0. The third kappa shape index (κ3) is 2.26. The maximum atomic E-state index is 11.7. The Morgan fingerprint density at radius 1 is 1.22 bits per heavy atom. The normalized spacial score (nSPS) is 34.7. The lowest BCUT2D eigenvalue weighted by molar-refractivity contribution is -0.119. The van der Waals surface area contributed by atoms with Crippen molar-refractivity contribution in [2.24, 2.45) is 16.7 Å². The lowest BCUT2D eigenvalue weighted by Gasteiger charge is -2.38. The molecule has 0 aromatic heterocycles. The average Bonchev–Trinajstić information content (AvgIpc) is 3.00. The van der Waals surface area contributed by atoms with Crippen LogP contribution in [0, 0.1) is 16.7 Å². The number of allylic oxidation sites excluding steroid dienone is 1. The predicted molar refractivity (Wildman–Crippen MR) is 93.0 cm³/mol. The Morgan fingerprint density at radius 2 is 2.00 bits per heavy atom. The molecule has 0 radical (unpaired) electrons. The number of nitrogens with zero attached hydrogens (tertiary/aromatic N) is 1. The highest BCUT2D eigenvalue weighted by atomic mass is 16.1. The minimum Gasteiger partial charge on any atom is -0.338 e. The Morgan fingerprint density at radius 3 is 2.74 bits per heavy atom. The monoisotopic (exact) mass is 309 g/mol. The molecule has 2 heteroatoms. The fourth-order valence-corrected chi connectivity index (χ4v) is 5.60. The van der Waals surface area contributed by atoms with Gasteiger partial charge in [-0.3, -0.25) is 4.79 Å². The van der Waals surface area contributed by atoms with Gasteiger partial charge in [0.15, 0.2) is 0 Å². The molecule has 2 fully saturated rings. The number of hydrogen-bond acceptors (Lipinski definition) is 1. The van der Waals surface area contributed by atoms with Gasteiger partial charge in [-0.1, -0.05) is 55.8 Å². The molecule has 23 heavy (non-hydrogen) atoms. The molecule has 0 saturated heterocycles. The maximum absolute atomic E-state index is 11.7. The first-order chi connectivity index (χ1) is 11.0. The Bertz CT molecular complexity index is 633. The fraction of sp³-hybridized carbons (Fsp3) is 0.571. The van der Waals surface area contributed by atoms with E-state index >= 15 is 0 Å². The molecule has 3 atom stereocenters.